The number of aromatic nitrogens is 2. The predicted molar refractivity (Wildman–Crippen MR) is 136 cm³/mol. The van der Waals surface area contributed by atoms with Crippen molar-refractivity contribution in [2.24, 2.45) is 0 Å². The lowest BCUT2D eigenvalue weighted by Crippen LogP contribution is -2.18. The summed E-state index contributed by atoms with van der Waals surface area (Å²) in [6, 6.07) is 17.8. The fraction of sp³-hybridized carbons (Fsp3) is 0. The van der Waals surface area contributed by atoms with Gasteiger partial charge in [-0.15, -0.1) is 0 Å². The molecule has 1 heterocycles. The summed E-state index contributed by atoms with van der Waals surface area (Å²) < 4.78 is 0. The van der Waals surface area contributed by atoms with Crippen molar-refractivity contribution >= 4 is 63.7 Å². The number of hydrogen-bond acceptors (Lipinski definition) is 5. The van der Waals surface area contributed by atoms with Crippen molar-refractivity contribution in [2.75, 3.05) is 21.7 Å². The van der Waals surface area contributed by atoms with E-state index in [1.807, 2.05) is 0 Å². The number of nitrogens with two attached hydrogens (primary N) is 1. The Morgan fingerprint density at radius 2 is 1.40 bits per heavy atom. The van der Waals surface area contributed by atoms with Crippen LogP contribution in [0.15, 0.2) is 72.9 Å². The van der Waals surface area contributed by atoms with E-state index in [1.54, 1.807) is 54.6 Å². The van der Waals surface area contributed by atoms with E-state index in [1.165, 1.54) is 18.3 Å². The minimum absolute atomic E-state index is 0.0166. The molecule has 0 atom stereocenters. The van der Waals surface area contributed by atoms with Crippen molar-refractivity contribution in [1.82, 2.24) is 10.2 Å². The molecule has 0 unspecified atom stereocenters. The Bertz CT molecular complexity index is 1400. The van der Waals surface area contributed by atoms with Gasteiger partial charge in [0.05, 0.1) is 38.9 Å². The Morgan fingerprint density at radius 1 is 0.743 bits per heavy atom. The van der Waals surface area contributed by atoms with Gasteiger partial charge in [0.1, 0.15) is 5.69 Å². The molecule has 176 valence electrons. The molecule has 0 spiro atoms. The van der Waals surface area contributed by atoms with Gasteiger partial charge in [-0.3, -0.25) is 19.5 Å². The van der Waals surface area contributed by atoms with E-state index >= 15 is 0 Å². The third kappa shape index (κ3) is 5.43. The van der Waals surface area contributed by atoms with Crippen LogP contribution < -0.4 is 21.7 Å². The Kier molecular flexibility index (Phi) is 7.00. The summed E-state index contributed by atoms with van der Waals surface area (Å²) in [4.78, 5) is 37.9. The maximum Gasteiger partial charge on any atom is 0.275 e. The summed E-state index contributed by atoms with van der Waals surface area (Å²) >= 11 is 12.2. The predicted octanol–water partition coefficient (Wildman–Crippen LogP) is 5.06. The lowest BCUT2D eigenvalue weighted by molar-refractivity contribution is 0.101. The number of rotatable bonds is 6. The zero-order valence-corrected chi connectivity index (χ0v) is 19.4. The Morgan fingerprint density at radius 3 is 2.09 bits per heavy atom. The summed E-state index contributed by atoms with van der Waals surface area (Å²) in [5.41, 5.74) is 7.83. The number of hydrogen-bond donors (Lipinski definition) is 5. The molecule has 0 aliphatic carbocycles. The molecule has 0 aliphatic heterocycles. The van der Waals surface area contributed by atoms with Crippen molar-refractivity contribution in [3.63, 3.8) is 0 Å². The van der Waals surface area contributed by atoms with Crippen LogP contribution in [-0.4, -0.2) is 27.9 Å². The third-order valence-electron chi connectivity index (χ3n) is 4.92. The van der Waals surface area contributed by atoms with E-state index in [9.17, 15) is 14.4 Å². The van der Waals surface area contributed by atoms with Crippen LogP contribution in [0.25, 0.3) is 0 Å². The second-order valence-corrected chi connectivity index (χ2v) is 8.10. The average Bonchev–Trinajstić information content (AvgIpc) is 3.29. The van der Waals surface area contributed by atoms with E-state index in [0.29, 0.717) is 22.6 Å². The summed E-state index contributed by atoms with van der Waals surface area (Å²) in [5.74, 6) is -1.50. The zero-order valence-electron chi connectivity index (χ0n) is 17.9. The minimum Gasteiger partial charge on any atom is -0.397 e. The number of para-hydroxylation sites is 2. The fourth-order valence-electron chi connectivity index (χ4n) is 3.16. The summed E-state index contributed by atoms with van der Waals surface area (Å²) in [5, 5.41) is 14.7. The number of benzene rings is 3. The van der Waals surface area contributed by atoms with E-state index in [-0.39, 0.29) is 32.9 Å². The molecule has 3 amide bonds. The van der Waals surface area contributed by atoms with Crippen LogP contribution in [0.1, 0.15) is 31.2 Å². The number of nitrogens with zero attached hydrogens (tertiary/aromatic N) is 1. The smallest absolute Gasteiger partial charge is 0.275 e. The van der Waals surface area contributed by atoms with Crippen molar-refractivity contribution in [3.8, 4) is 0 Å². The van der Waals surface area contributed by atoms with E-state index < -0.39 is 11.8 Å². The van der Waals surface area contributed by atoms with Crippen molar-refractivity contribution in [2.45, 2.75) is 0 Å². The van der Waals surface area contributed by atoms with Gasteiger partial charge in [0.15, 0.2) is 0 Å². The first kappa shape index (κ1) is 23.8. The fourth-order valence-corrected chi connectivity index (χ4v) is 3.73. The normalized spacial score (nSPS) is 10.5. The first-order valence-electron chi connectivity index (χ1n) is 10.2. The molecule has 0 saturated heterocycles. The van der Waals surface area contributed by atoms with Crippen LogP contribution in [0.5, 0.6) is 0 Å². The van der Waals surface area contributed by atoms with Gasteiger partial charge >= 0.3 is 0 Å². The molecule has 0 aliphatic rings. The molecule has 0 bridgehead atoms. The molecule has 3 aromatic carbocycles. The maximum atomic E-state index is 12.8. The third-order valence-corrected chi connectivity index (χ3v) is 5.55. The highest BCUT2D eigenvalue weighted by Gasteiger charge is 2.20. The van der Waals surface area contributed by atoms with Crippen molar-refractivity contribution in [1.29, 1.82) is 0 Å². The monoisotopic (exact) mass is 508 g/mol. The van der Waals surface area contributed by atoms with Gasteiger partial charge in [0.2, 0.25) is 0 Å². The largest absolute Gasteiger partial charge is 0.397 e. The Hall–Kier alpha value is -4.34. The van der Waals surface area contributed by atoms with Crippen LogP contribution in [0.4, 0.5) is 22.7 Å². The van der Waals surface area contributed by atoms with Crippen LogP contribution in [-0.2, 0) is 0 Å². The Balaban J connectivity index is 1.43. The number of H-pyrrole nitrogens is 1. The zero-order chi connectivity index (χ0) is 24.9. The number of nitrogens with one attached hydrogen (secondary N) is 4. The summed E-state index contributed by atoms with van der Waals surface area (Å²) in [7, 11) is 0. The van der Waals surface area contributed by atoms with Gasteiger partial charge in [0, 0.05) is 11.3 Å². The average molecular weight is 509 g/mol. The van der Waals surface area contributed by atoms with Crippen molar-refractivity contribution in [3.05, 3.63) is 99.8 Å². The number of nitrogen functional groups attached to an aromatic ring is 1. The lowest BCUT2D eigenvalue weighted by atomic mass is 10.1. The molecule has 35 heavy (non-hydrogen) atoms. The number of anilines is 4. The highest BCUT2D eigenvalue weighted by Crippen LogP contribution is 2.26. The molecule has 11 heteroatoms. The molecule has 1 aromatic heterocycles. The summed E-state index contributed by atoms with van der Waals surface area (Å²) in [6.45, 7) is 0. The van der Waals surface area contributed by atoms with Gasteiger partial charge in [-0.05, 0) is 48.5 Å². The molecule has 0 fully saturated rings. The maximum absolute atomic E-state index is 12.8. The quantitative estimate of drug-likeness (QED) is 0.231. The molecule has 0 saturated carbocycles. The van der Waals surface area contributed by atoms with Crippen molar-refractivity contribution < 1.29 is 14.4 Å². The summed E-state index contributed by atoms with van der Waals surface area (Å²) in [6.07, 6.45) is 1.29. The van der Waals surface area contributed by atoms with Gasteiger partial charge in [0.25, 0.3) is 17.7 Å². The van der Waals surface area contributed by atoms with E-state index in [2.05, 4.69) is 26.1 Å². The van der Waals surface area contributed by atoms with Gasteiger partial charge in [-0.25, -0.2) is 0 Å². The first-order chi connectivity index (χ1) is 16.8. The van der Waals surface area contributed by atoms with Gasteiger partial charge < -0.3 is 21.7 Å². The highest BCUT2D eigenvalue weighted by atomic mass is 35.5. The van der Waals surface area contributed by atoms with Crippen LogP contribution in [0.3, 0.4) is 0 Å². The van der Waals surface area contributed by atoms with E-state index in [4.69, 9.17) is 28.9 Å². The molecular weight excluding hydrogens is 491 g/mol. The number of carbonyl (C=O) groups excluding carboxylic acids is 3. The Labute approximate surface area is 209 Å². The van der Waals surface area contributed by atoms with E-state index in [0.717, 1.165) is 0 Å². The second kappa shape index (κ2) is 10.3. The number of carbonyl (C=O) groups is 3. The molecule has 0 radical (unpaired) electrons. The minimum atomic E-state index is -0.592. The van der Waals surface area contributed by atoms with Crippen LogP contribution in [0.2, 0.25) is 10.0 Å². The molecular formula is C24H18Cl2N6O3. The lowest BCUT2D eigenvalue weighted by Gasteiger charge is -2.10. The molecule has 6 N–H and O–H groups in total. The number of halogens is 2. The molecule has 4 aromatic rings. The van der Waals surface area contributed by atoms with Gasteiger partial charge in [-0.1, -0.05) is 41.4 Å². The van der Waals surface area contributed by atoms with Gasteiger partial charge in [-0.2, -0.15) is 5.10 Å². The molecule has 4 rings (SSSR count). The molecule has 9 nitrogen and oxygen atoms in total. The SMILES string of the molecule is Nc1ccccc1NC(=O)c1ccc(NC(=O)c2[nH]ncc2NC(=O)c2c(Cl)cccc2Cl)cc1. The second-order valence-electron chi connectivity index (χ2n) is 7.28. The van der Waals surface area contributed by atoms with Crippen LogP contribution >= 0.6 is 23.2 Å². The number of amides is 3. The van der Waals surface area contributed by atoms with Crippen LogP contribution in [0, 0.1) is 0 Å². The highest BCUT2D eigenvalue weighted by molar-refractivity contribution is 6.40. The first-order valence-corrected chi connectivity index (χ1v) is 10.9. The number of aromatic amines is 1. The standard InChI is InChI=1S/C24H18Cl2N6O3/c25-15-4-3-5-16(26)20(15)23(34)31-19-12-28-32-21(19)24(35)29-14-10-8-13(9-11-14)22(33)30-18-7-2-1-6-17(18)27/h1-12H,27H2,(H,28,32)(H,29,35)(H,30,33)(H,31,34). The topological polar surface area (TPSA) is 142 Å².